The molecule has 13 heavy (non-hydrogen) atoms. The standard InChI is InChI=1S/C10H11BrClN/c1-7-3-4-10(9(11)5-7)13-6-8(2)12/h3-5,13H,2,6H2,1H3. The highest BCUT2D eigenvalue weighted by Crippen LogP contribution is 2.23. The minimum atomic E-state index is 0.587. The van der Waals surface area contributed by atoms with Crippen LogP contribution in [0.4, 0.5) is 5.69 Å². The molecule has 3 heteroatoms. The average molecular weight is 261 g/mol. The summed E-state index contributed by atoms with van der Waals surface area (Å²) in [6.07, 6.45) is 0. The van der Waals surface area contributed by atoms with Crippen molar-refractivity contribution in [3.63, 3.8) is 0 Å². The SMILES string of the molecule is C=C(Cl)CNc1ccc(C)cc1Br. The van der Waals surface area contributed by atoms with E-state index in [1.54, 1.807) is 0 Å². The molecule has 0 amide bonds. The molecule has 1 N–H and O–H groups in total. The van der Waals surface area contributed by atoms with Crippen LogP contribution in [0.15, 0.2) is 34.3 Å². The lowest BCUT2D eigenvalue weighted by Crippen LogP contribution is -2.01. The van der Waals surface area contributed by atoms with E-state index in [1.165, 1.54) is 5.56 Å². The van der Waals surface area contributed by atoms with E-state index in [4.69, 9.17) is 11.6 Å². The van der Waals surface area contributed by atoms with Crippen molar-refractivity contribution in [2.75, 3.05) is 11.9 Å². The van der Waals surface area contributed by atoms with E-state index in [2.05, 4.69) is 40.8 Å². The quantitative estimate of drug-likeness (QED) is 0.868. The third-order valence-corrected chi connectivity index (χ3v) is 2.38. The summed E-state index contributed by atoms with van der Waals surface area (Å²) in [6.45, 7) is 6.24. The lowest BCUT2D eigenvalue weighted by molar-refractivity contribution is 1.30. The Bertz CT molecular complexity index is 323. The maximum Gasteiger partial charge on any atom is 0.0502 e. The zero-order valence-corrected chi connectivity index (χ0v) is 9.74. The molecule has 0 heterocycles. The molecule has 1 rings (SSSR count). The van der Waals surface area contributed by atoms with Crippen molar-refractivity contribution in [2.24, 2.45) is 0 Å². The van der Waals surface area contributed by atoms with E-state index in [0.29, 0.717) is 11.6 Å². The fraction of sp³-hybridized carbons (Fsp3) is 0.200. The summed E-state index contributed by atoms with van der Waals surface area (Å²) in [7, 11) is 0. The molecule has 0 bridgehead atoms. The second-order valence-corrected chi connectivity index (χ2v) is 4.24. The first-order valence-corrected chi connectivity index (χ1v) is 5.10. The van der Waals surface area contributed by atoms with E-state index < -0.39 is 0 Å². The molecule has 1 aromatic carbocycles. The fourth-order valence-electron chi connectivity index (χ4n) is 0.955. The Balaban J connectivity index is 2.72. The number of halogens is 2. The third-order valence-electron chi connectivity index (χ3n) is 1.60. The van der Waals surface area contributed by atoms with Crippen molar-refractivity contribution >= 4 is 33.2 Å². The van der Waals surface area contributed by atoms with Gasteiger partial charge >= 0.3 is 0 Å². The summed E-state index contributed by atoms with van der Waals surface area (Å²) in [6, 6.07) is 6.11. The number of aryl methyl sites for hydroxylation is 1. The van der Waals surface area contributed by atoms with Gasteiger partial charge in [0, 0.05) is 15.2 Å². The molecule has 0 aromatic heterocycles. The van der Waals surface area contributed by atoms with Gasteiger partial charge in [0.25, 0.3) is 0 Å². The van der Waals surface area contributed by atoms with Crippen molar-refractivity contribution < 1.29 is 0 Å². The van der Waals surface area contributed by atoms with Crippen molar-refractivity contribution in [1.82, 2.24) is 0 Å². The first-order valence-electron chi connectivity index (χ1n) is 3.93. The smallest absolute Gasteiger partial charge is 0.0502 e. The van der Waals surface area contributed by atoms with Crippen LogP contribution >= 0.6 is 27.5 Å². The molecule has 0 saturated carbocycles. The molecule has 0 aliphatic rings. The van der Waals surface area contributed by atoms with Gasteiger partial charge in [-0.1, -0.05) is 24.2 Å². The molecule has 1 aromatic rings. The highest BCUT2D eigenvalue weighted by Gasteiger charge is 1.98. The van der Waals surface area contributed by atoms with Crippen LogP contribution in [0, 0.1) is 6.92 Å². The van der Waals surface area contributed by atoms with Gasteiger partial charge in [-0.2, -0.15) is 0 Å². The number of hydrogen-bond acceptors (Lipinski definition) is 1. The van der Waals surface area contributed by atoms with Gasteiger partial charge in [0.2, 0.25) is 0 Å². The average Bonchev–Trinajstić information content (AvgIpc) is 2.02. The third kappa shape index (κ3) is 3.41. The molecule has 0 unspecified atom stereocenters. The number of anilines is 1. The zero-order valence-electron chi connectivity index (χ0n) is 7.40. The monoisotopic (exact) mass is 259 g/mol. The van der Waals surface area contributed by atoms with Crippen LogP contribution in [0.1, 0.15) is 5.56 Å². The lowest BCUT2D eigenvalue weighted by Gasteiger charge is -2.07. The van der Waals surface area contributed by atoms with Gasteiger partial charge in [0.15, 0.2) is 0 Å². The highest BCUT2D eigenvalue weighted by molar-refractivity contribution is 9.10. The van der Waals surface area contributed by atoms with Crippen molar-refractivity contribution in [3.8, 4) is 0 Å². The van der Waals surface area contributed by atoms with Crippen LogP contribution in [0.5, 0.6) is 0 Å². The summed E-state index contributed by atoms with van der Waals surface area (Å²) >= 11 is 9.10. The van der Waals surface area contributed by atoms with Crippen molar-refractivity contribution in [2.45, 2.75) is 6.92 Å². The van der Waals surface area contributed by atoms with Crippen molar-refractivity contribution in [3.05, 3.63) is 39.8 Å². The maximum atomic E-state index is 5.64. The number of nitrogens with one attached hydrogen (secondary N) is 1. The molecule has 0 atom stereocenters. The molecule has 0 radical (unpaired) electrons. The Labute approximate surface area is 91.9 Å². The van der Waals surface area contributed by atoms with E-state index in [-0.39, 0.29) is 0 Å². The van der Waals surface area contributed by atoms with Gasteiger partial charge < -0.3 is 5.32 Å². The largest absolute Gasteiger partial charge is 0.379 e. The minimum absolute atomic E-state index is 0.587. The van der Waals surface area contributed by atoms with Crippen LogP contribution in [0.25, 0.3) is 0 Å². The molecule has 0 aliphatic carbocycles. The topological polar surface area (TPSA) is 12.0 Å². The van der Waals surface area contributed by atoms with E-state index in [0.717, 1.165) is 10.2 Å². The second-order valence-electron chi connectivity index (χ2n) is 2.85. The Morgan fingerprint density at radius 1 is 1.62 bits per heavy atom. The molecule has 0 fully saturated rings. The molecule has 1 nitrogen and oxygen atoms in total. The number of rotatable bonds is 3. The van der Waals surface area contributed by atoms with Gasteiger partial charge in [-0.3, -0.25) is 0 Å². The zero-order chi connectivity index (χ0) is 9.84. The summed E-state index contributed by atoms with van der Waals surface area (Å²) in [5.41, 5.74) is 2.26. The summed E-state index contributed by atoms with van der Waals surface area (Å²) in [5, 5.41) is 3.77. The Morgan fingerprint density at radius 2 is 2.31 bits per heavy atom. The molecule has 0 saturated heterocycles. The van der Waals surface area contributed by atoms with Crippen LogP contribution < -0.4 is 5.32 Å². The van der Waals surface area contributed by atoms with E-state index in [1.807, 2.05) is 12.1 Å². The van der Waals surface area contributed by atoms with Crippen LogP contribution in [-0.4, -0.2) is 6.54 Å². The Kier molecular flexibility index (Phi) is 3.82. The predicted molar refractivity (Wildman–Crippen MR) is 62.4 cm³/mol. The molecular weight excluding hydrogens is 249 g/mol. The van der Waals surface area contributed by atoms with E-state index >= 15 is 0 Å². The molecule has 0 spiro atoms. The maximum absolute atomic E-state index is 5.64. The first kappa shape index (κ1) is 10.6. The normalized spacial score (nSPS) is 9.77. The molecule has 70 valence electrons. The summed E-state index contributed by atoms with van der Waals surface area (Å²) in [5.74, 6) is 0. The van der Waals surface area contributed by atoms with Crippen LogP contribution in [0.2, 0.25) is 0 Å². The van der Waals surface area contributed by atoms with Gasteiger partial charge in [-0.15, -0.1) is 0 Å². The number of hydrogen-bond donors (Lipinski definition) is 1. The fourth-order valence-corrected chi connectivity index (χ4v) is 1.65. The number of benzene rings is 1. The van der Waals surface area contributed by atoms with Gasteiger partial charge in [0.1, 0.15) is 0 Å². The predicted octanol–water partition coefficient (Wildman–Crippen LogP) is 3.92. The second kappa shape index (κ2) is 4.68. The minimum Gasteiger partial charge on any atom is -0.379 e. The first-order chi connectivity index (χ1) is 6.09. The molecular formula is C10H11BrClN. The summed E-state index contributed by atoms with van der Waals surface area (Å²) < 4.78 is 1.05. The Hall–Kier alpha value is -0.470. The van der Waals surface area contributed by atoms with Gasteiger partial charge in [-0.05, 0) is 40.5 Å². The van der Waals surface area contributed by atoms with Gasteiger partial charge in [-0.25, -0.2) is 0 Å². The Morgan fingerprint density at radius 3 is 2.85 bits per heavy atom. The van der Waals surface area contributed by atoms with Crippen LogP contribution in [-0.2, 0) is 0 Å². The lowest BCUT2D eigenvalue weighted by atomic mass is 10.2. The summed E-state index contributed by atoms with van der Waals surface area (Å²) in [4.78, 5) is 0. The molecule has 0 aliphatic heterocycles. The highest BCUT2D eigenvalue weighted by atomic mass is 79.9. The van der Waals surface area contributed by atoms with E-state index in [9.17, 15) is 0 Å². The van der Waals surface area contributed by atoms with Crippen molar-refractivity contribution in [1.29, 1.82) is 0 Å². The van der Waals surface area contributed by atoms with Crippen LogP contribution in [0.3, 0.4) is 0 Å². The van der Waals surface area contributed by atoms with Gasteiger partial charge in [0.05, 0.1) is 6.54 Å².